The molecular weight excluding hydrogens is 194 g/mol. The summed E-state index contributed by atoms with van der Waals surface area (Å²) < 4.78 is 1.80. The lowest BCUT2D eigenvalue weighted by Crippen LogP contribution is -2.26. The number of hydrogen-bond acceptors (Lipinski definition) is 3. The van der Waals surface area contributed by atoms with Crippen molar-refractivity contribution in [3.63, 3.8) is 0 Å². The number of nitrogens with zero attached hydrogens (tertiary/aromatic N) is 2. The van der Waals surface area contributed by atoms with Crippen LogP contribution in [0.15, 0.2) is 6.20 Å². The van der Waals surface area contributed by atoms with Gasteiger partial charge in [0.25, 0.3) is 0 Å². The molecule has 1 unspecified atom stereocenters. The first-order valence-electron chi connectivity index (χ1n) is 4.93. The highest BCUT2D eigenvalue weighted by molar-refractivity contribution is 5.69. The Labute approximate surface area is 89.1 Å². The number of hydrogen-bond donors (Lipinski definition) is 2. The van der Waals surface area contributed by atoms with Gasteiger partial charge in [-0.15, -0.1) is 0 Å². The van der Waals surface area contributed by atoms with E-state index >= 15 is 0 Å². The molecule has 0 aliphatic heterocycles. The van der Waals surface area contributed by atoms with E-state index < -0.39 is 5.97 Å². The van der Waals surface area contributed by atoms with Gasteiger partial charge in [-0.1, -0.05) is 6.92 Å². The summed E-state index contributed by atoms with van der Waals surface area (Å²) in [4.78, 5) is 10.6. The van der Waals surface area contributed by atoms with E-state index in [0.717, 1.165) is 11.3 Å². The van der Waals surface area contributed by atoms with Crippen LogP contribution in [0.3, 0.4) is 0 Å². The smallest absolute Gasteiger partial charge is 0.307 e. The summed E-state index contributed by atoms with van der Waals surface area (Å²) in [5.74, 6) is -1.13. The fourth-order valence-corrected chi connectivity index (χ4v) is 1.23. The molecule has 0 fully saturated rings. The number of carboxylic acid groups (broad SMARTS) is 1. The van der Waals surface area contributed by atoms with Crippen molar-refractivity contribution in [1.29, 1.82) is 0 Å². The minimum absolute atomic E-state index is 0.359. The van der Waals surface area contributed by atoms with Crippen molar-refractivity contribution in [2.75, 3.05) is 6.54 Å². The molecule has 2 N–H and O–H groups in total. The van der Waals surface area contributed by atoms with E-state index in [-0.39, 0.29) is 5.92 Å². The Hall–Kier alpha value is -1.36. The zero-order chi connectivity index (χ0) is 11.4. The van der Waals surface area contributed by atoms with Crippen molar-refractivity contribution >= 4 is 5.97 Å². The average Bonchev–Trinajstić information content (AvgIpc) is 2.49. The fourth-order valence-electron chi connectivity index (χ4n) is 1.23. The van der Waals surface area contributed by atoms with E-state index in [2.05, 4.69) is 10.4 Å². The first-order valence-corrected chi connectivity index (χ1v) is 4.93. The monoisotopic (exact) mass is 211 g/mol. The van der Waals surface area contributed by atoms with Gasteiger partial charge >= 0.3 is 5.97 Å². The quantitative estimate of drug-likeness (QED) is 0.746. The van der Waals surface area contributed by atoms with Crippen molar-refractivity contribution in [1.82, 2.24) is 15.1 Å². The number of rotatable bonds is 5. The molecule has 0 spiro atoms. The van der Waals surface area contributed by atoms with E-state index in [4.69, 9.17) is 5.11 Å². The molecule has 84 valence electrons. The Morgan fingerprint density at radius 3 is 2.87 bits per heavy atom. The molecule has 5 heteroatoms. The SMILES string of the molecule is Cc1c(CNCC(C)C(=O)O)cnn1C. The van der Waals surface area contributed by atoms with Crippen LogP contribution < -0.4 is 5.32 Å². The second-order valence-corrected chi connectivity index (χ2v) is 3.75. The molecule has 0 aliphatic carbocycles. The van der Waals surface area contributed by atoms with Crippen molar-refractivity contribution in [3.05, 3.63) is 17.5 Å². The molecule has 1 atom stereocenters. The van der Waals surface area contributed by atoms with Crippen molar-refractivity contribution in [2.45, 2.75) is 20.4 Å². The van der Waals surface area contributed by atoms with Gasteiger partial charge in [-0.3, -0.25) is 9.48 Å². The predicted octanol–water partition coefficient (Wildman–Crippen LogP) is 0.539. The van der Waals surface area contributed by atoms with Gasteiger partial charge in [0.05, 0.1) is 12.1 Å². The van der Waals surface area contributed by atoms with Crippen molar-refractivity contribution in [3.8, 4) is 0 Å². The molecule has 0 saturated carbocycles. The largest absolute Gasteiger partial charge is 0.481 e. The van der Waals surface area contributed by atoms with Gasteiger partial charge in [-0.2, -0.15) is 5.10 Å². The lowest BCUT2D eigenvalue weighted by molar-refractivity contribution is -0.140. The summed E-state index contributed by atoms with van der Waals surface area (Å²) in [5, 5.41) is 15.9. The number of aryl methyl sites for hydroxylation is 1. The maximum Gasteiger partial charge on any atom is 0.307 e. The lowest BCUT2D eigenvalue weighted by Gasteiger charge is -2.07. The number of carboxylic acids is 1. The third kappa shape index (κ3) is 3.06. The lowest BCUT2D eigenvalue weighted by atomic mass is 10.2. The Morgan fingerprint density at radius 2 is 2.40 bits per heavy atom. The highest BCUT2D eigenvalue weighted by atomic mass is 16.4. The topological polar surface area (TPSA) is 67.2 Å². The molecule has 15 heavy (non-hydrogen) atoms. The maximum absolute atomic E-state index is 10.6. The van der Waals surface area contributed by atoms with E-state index in [9.17, 15) is 4.79 Å². The number of aromatic nitrogens is 2. The average molecular weight is 211 g/mol. The molecule has 1 aromatic heterocycles. The number of nitrogens with one attached hydrogen (secondary N) is 1. The molecule has 0 amide bonds. The molecule has 1 rings (SSSR count). The van der Waals surface area contributed by atoms with Gasteiger partial charge in [0, 0.05) is 31.4 Å². The Kier molecular flexibility index (Phi) is 3.85. The molecule has 0 bridgehead atoms. The molecule has 1 aromatic rings. The van der Waals surface area contributed by atoms with Gasteiger partial charge in [-0.05, 0) is 6.92 Å². The first kappa shape index (κ1) is 11.7. The molecule has 0 radical (unpaired) electrons. The van der Waals surface area contributed by atoms with Gasteiger partial charge in [-0.25, -0.2) is 0 Å². The Bertz CT molecular complexity index is 346. The van der Waals surface area contributed by atoms with Crippen LogP contribution >= 0.6 is 0 Å². The van der Waals surface area contributed by atoms with Crippen molar-refractivity contribution < 1.29 is 9.90 Å². The molecular formula is C10H17N3O2. The predicted molar refractivity (Wildman–Crippen MR) is 56.5 cm³/mol. The number of carbonyl (C=O) groups is 1. The summed E-state index contributed by atoms with van der Waals surface area (Å²) in [5.41, 5.74) is 2.21. The minimum Gasteiger partial charge on any atom is -0.481 e. The van der Waals surface area contributed by atoms with Gasteiger partial charge in [0.1, 0.15) is 0 Å². The van der Waals surface area contributed by atoms with Crippen LogP contribution in [0.4, 0.5) is 0 Å². The summed E-state index contributed by atoms with van der Waals surface area (Å²) in [6.45, 7) is 4.82. The molecule has 0 saturated heterocycles. The highest BCUT2D eigenvalue weighted by Gasteiger charge is 2.10. The van der Waals surface area contributed by atoms with E-state index in [0.29, 0.717) is 13.1 Å². The molecule has 0 aromatic carbocycles. The fraction of sp³-hybridized carbons (Fsp3) is 0.600. The van der Waals surface area contributed by atoms with E-state index in [1.165, 1.54) is 0 Å². The third-order valence-electron chi connectivity index (χ3n) is 2.52. The van der Waals surface area contributed by atoms with Crippen LogP contribution in [-0.2, 0) is 18.4 Å². The van der Waals surface area contributed by atoms with Crippen LogP contribution in [-0.4, -0.2) is 27.4 Å². The van der Waals surface area contributed by atoms with Gasteiger partial charge in [0.2, 0.25) is 0 Å². The Morgan fingerprint density at radius 1 is 1.73 bits per heavy atom. The maximum atomic E-state index is 10.6. The van der Waals surface area contributed by atoms with Gasteiger partial charge < -0.3 is 10.4 Å². The summed E-state index contributed by atoms with van der Waals surface area (Å²) >= 11 is 0. The second-order valence-electron chi connectivity index (χ2n) is 3.75. The molecule has 1 heterocycles. The van der Waals surface area contributed by atoms with Crippen LogP contribution in [0.5, 0.6) is 0 Å². The van der Waals surface area contributed by atoms with Crippen molar-refractivity contribution in [2.24, 2.45) is 13.0 Å². The standard InChI is InChI=1S/C10H17N3O2/c1-7(10(14)15)4-11-5-9-6-12-13(3)8(9)2/h6-7,11H,4-5H2,1-3H3,(H,14,15). The first-order chi connectivity index (χ1) is 7.02. The van der Waals surface area contributed by atoms with Crippen LogP contribution in [0.1, 0.15) is 18.2 Å². The number of aliphatic carboxylic acids is 1. The van der Waals surface area contributed by atoms with Crippen LogP contribution in [0.2, 0.25) is 0 Å². The zero-order valence-electron chi connectivity index (χ0n) is 9.32. The van der Waals surface area contributed by atoms with Crippen LogP contribution in [0.25, 0.3) is 0 Å². The second kappa shape index (κ2) is 4.93. The molecule has 0 aliphatic rings. The van der Waals surface area contributed by atoms with E-state index in [1.54, 1.807) is 17.8 Å². The summed E-state index contributed by atoms with van der Waals surface area (Å²) in [6.07, 6.45) is 1.80. The van der Waals surface area contributed by atoms with Crippen LogP contribution in [0, 0.1) is 12.8 Å². The van der Waals surface area contributed by atoms with E-state index in [1.807, 2.05) is 14.0 Å². The normalized spacial score (nSPS) is 12.7. The summed E-state index contributed by atoms with van der Waals surface area (Å²) in [6, 6.07) is 0. The Balaban J connectivity index is 2.38. The molecule has 5 nitrogen and oxygen atoms in total. The highest BCUT2D eigenvalue weighted by Crippen LogP contribution is 2.04. The minimum atomic E-state index is -0.773. The summed E-state index contributed by atoms with van der Waals surface area (Å²) in [7, 11) is 1.89. The van der Waals surface area contributed by atoms with Gasteiger partial charge in [0.15, 0.2) is 0 Å². The zero-order valence-corrected chi connectivity index (χ0v) is 9.32. The third-order valence-corrected chi connectivity index (χ3v) is 2.52.